The van der Waals surface area contributed by atoms with Crippen molar-refractivity contribution in [1.29, 1.82) is 0 Å². The van der Waals surface area contributed by atoms with Gasteiger partial charge in [-0.15, -0.1) is 0 Å². The minimum absolute atomic E-state index is 0.0614. The maximum absolute atomic E-state index is 13.0. The topological polar surface area (TPSA) is 106 Å². The molecule has 0 amide bonds. The van der Waals surface area contributed by atoms with Gasteiger partial charge in [0.25, 0.3) is 5.56 Å². The van der Waals surface area contributed by atoms with Gasteiger partial charge in [-0.25, -0.2) is 9.50 Å². The monoisotopic (exact) mass is 422 g/mol. The van der Waals surface area contributed by atoms with E-state index in [-0.39, 0.29) is 18.1 Å². The molecule has 0 saturated heterocycles. The summed E-state index contributed by atoms with van der Waals surface area (Å²) in [6, 6.07) is 7.42. The Hall–Kier alpha value is -3.59. The number of hydrogen-bond acceptors (Lipinski definition) is 7. The molecule has 0 radical (unpaired) electrons. The van der Waals surface area contributed by atoms with Gasteiger partial charge >= 0.3 is 5.97 Å². The van der Waals surface area contributed by atoms with Gasteiger partial charge in [-0.2, -0.15) is 0 Å². The number of aryl methyl sites for hydroxylation is 1. The molecule has 5 heterocycles. The zero-order chi connectivity index (χ0) is 21.5. The van der Waals surface area contributed by atoms with Crippen LogP contribution in [0.1, 0.15) is 35.5 Å². The van der Waals surface area contributed by atoms with Crippen LogP contribution in [0, 0.1) is 6.92 Å². The summed E-state index contributed by atoms with van der Waals surface area (Å²) in [6.45, 7) is 5.25. The van der Waals surface area contributed by atoms with Crippen LogP contribution in [0.5, 0.6) is 0 Å². The van der Waals surface area contributed by atoms with Gasteiger partial charge in [-0.1, -0.05) is 0 Å². The molecule has 1 N–H and O–H groups in total. The average molecular weight is 422 g/mol. The van der Waals surface area contributed by atoms with Crippen LogP contribution >= 0.6 is 0 Å². The molecule has 5 rings (SSSR count). The zero-order valence-electron chi connectivity index (χ0n) is 17.3. The number of carbonyl (C=O) groups excluding carboxylic acids is 1. The molecule has 0 atom stereocenters. The number of ether oxygens (including phenoxy) is 1. The lowest BCUT2D eigenvalue weighted by atomic mass is 10.1. The lowest BCUT2D eigenvalue weighted by molar-refractivity contribution is -0.142. The van der Waals surface area contributed by atoms with Crippen molar-refractivity contribution in [1.82, 2.24) is 19.5 Å². The molecule has 160 valence electrons. The first-order valence-corrected chi connectivity index (χ1v) is 10.1. The molecule has 0 aliphatic carbocycles. The molecule has 4 aromatic rings. The van der Waals surface area contributed by atoms with Crippen LogP contribution in [-0.4, -0.2) is 32.0 Å². The Bertz CT molecular complexity index is 1330. The standard InChI is InChI=1S/C22H22N4O5/c1-13-17(6-8-29-13)19-9-21-23-20-11-25(7-5-18(20)22(28)26(21)24-19)10-15-3-4-16(31-15)12-30-14(2)27/h3-4,6,8-9,24H,5,7,10-12H2,1-2H3. The fourth-order valence-electron chi connectivity index (χ4n) is 3.96. The lowest BCUT2D eigenvalue weighted by Crippen LogP contribution is -2.35. The number of fused-ring (bicyclic) bond motifs is 2. The average Bonchev–Trinajstić information content (AvgIpc) is 3.46. The van der Waals surface area contributed by atoms with Crippen LogP contribution in [0.2, 0.25) is 0 Å². The number of furan rings is 2. The number of carbonyl (C=O) groups is 1. The first-order chi connectivity index (χ1) is 15.0. The molecule has 1 aliphatic heterocycles. The first kappa shape index (κ1) is 19.4. The van der Waals surface area contributed by atoms with E-state index in [0.29, 0.717) is 30.9 Å². The lowest BCUT2D eigenvalue weighted by Gasteiger charge is -2.26. The van der Waals surface area contributed by atoms with E-state index in [1.165, 1.54) is 11.4 Å². The molecule has 0 unspecified atom stereocenters. The maximum Gasteiger partial charge on any atom is 0.303 e. The van der Waals surface area contributed by atoms with Crippen LogP contribution in [-0.2, 0) is 35.6 Å². The van der Waals surface area contributed by atoms with Gasteiger partial charge in [-0.3, -0.25) is 19.6 Å². The predicted molar refractivity (Wildman–Crippen MR) is 110 cm³/mol. The predicted octanol–water partition coefficient (Wildman–Crippen LogP) is 2.81. The van der Waals surface area contributed by atoms with E-state index in [2.05, 4.69) is 10.00 Å². The Morgan fingerprint density at radius 1 is 1.29 bits per heavy atom. The van der Waals surface area contributed by atoms with E-state index in [4.69, 9.17) is 18.6 Å². The van der Waals surface area contributed by atoms with E-state index in [9.17, 15) is 9.59 Å². The van der Waals surface area contributed by atoms with Crippen molar-refractivity contribution in [3.05, 3.63) is 69.4 Å². The Morgan fingerprint density at radius 3 is 2.90 bits per heavy atom. The van der Waals surface area contributed by atoms with Crippen LogP contribution < -0.4 is 5.56 Å². The van der Waals surface area contributed by atoms with Gasteiger partial charge in [0.15, 0.2) is 5.65 Å². The second kappa shape index (κ2) is 7.59. The molecule has 0 bridgehead atoms. The molecule has 31 heavy (non-hydrogen) atoms. The summed E-state index contributed by atoms with van der Waals surface area (Å²) in [6.07, 6.45) is 2.24. The SMILES string of the molecule is CC(=O)OCc1ccc(CN2CCc3c(nc4cc(-c5ccoc5C)[nH]n4c3=O)C2)o1. The van der Waals surface area contributed by atoms with Gasteiger partial charge in [0, 0.05) is 37.2 Å². The normalized spacial score (nSPS) is 14.1. The molecule has 9 heteroatoms. The van der Waals surface area contributed by atoms with Crippen molar-refractivity contribution < 1.29 is 18.4 Å². The minimum atomic E-state index is -0.342. The van der Waals surface area contributed by atoms with Crippen LogP contribution in [0.25, 0.3) is 16.9 Å². The number of esters is 1. The number of aromatic amines is 1. The van der Waals surface area contributed by atoms with Crippen molar-refractivity contribution in [2.45, 2.75) is 40.0 Å². The molecular weight excluding hydrogens is 400 g/mol. The smallest absolute Gasteiger partial charge is 0.303 e. The number of nitrogens with zero attached hydrogens (tertiary/aromatic N) is 3. The number of nitrogens with one attached hydrogen (secondary N) is 1. The second-order valence-electron chi connectivity index (χ2n) is 7.71. The highest BCUT2D eigenvalue weighted by Gasteiger charge is 2.23. The number of hydrogen-bond donors (Lipinski definition) is 1. The highest BCUT2D eigenvalue weighted by atomic mass is 16.5. The van der Waals surface area contributed by atoms with Gasteiger partial charge in [0.05, 0.1) is 24.2 Å². The molecule has 1 aliphatic rings. The maximum atomic E-state index is 13.0. The van der Waals surface area contributed by atoms with E-state index < -0.39 is 0 Å². The molecule has 4 aromatic heterocycles. The van der Waals surface area contributed by atoms with E-state index in [0.717, 1.165) is 40.6 Å². The van der Waals surface area contributed by atoms with Gasteiger partial charge in [-0.05, 0) is 31.5 Å². The molecule has 0 fully saturated rings. The summed E-state index contributed by atoms with van der Waals surface area (Å²) >= 11 is 0. The third-order valence-electron chi connectivity index (χ3n) is 5.51. The van der Waals surface area contributed by atoms with Crippen molar-refractivity contribution in [3.63, 3.8) is 0 Å². The Labute approximate surface area is 177 Å². The van der Waals surface area contributed by atoms with Crippen molar-refractivity contribution in [3.8, 4) is 11.3 Å². The minimum Gasteiger partial charge on any atom is -0.469 e. The van der Waals surface area contributed by atoms with Crippen molar-refractivity contribution in [2.24, 2.45) is 0 Å². The Balaban J connectivity index is 1.37. The highest BCUT2D eigenvalue weighted by Crippen LogP contribution is 2.24. The van der Waals surface area contributed by atoms with Gasteiger partial charge < -0.3 is 13.6 Å². The number of aromatic nitrogens is 3. The molecule has 0 spiro atoms. The summed E-state index contributed by atoms with van der Waals surface area (Å²) in [7, 11) is 0. The van der Waals surface area contributed by atoms with Crippen LogP contribution in [0.15, 0.2) is 44.2 Å². The first-order valence-electron chi connectivity index (χ1n) is 10.1. The summed E-state index contributed by atoms with van der Waals surface area (Å²) in [5.74, 6) is 1.82. The largest absolute Gasteiger partial charge is 0.469 e. The Morgan fingerprint density at radius 2 is 2.13 bits per heavy atom. The third kappa shape index (κ3) is 3.68. The second-order valence-corrected chi connectivity index (χ2v) is 7.71. The van der Waals surface area contributed by atoms with Gasteiger partial charge in [0.1, 0.15) is 23.9 Å². The molecule has 0 saturated carbocycles. The zero-order valence-corrected chi connectivity index (χ0v) is 17.3. The van der Waals surface area contributed by atoms with E-state index in [1.54, 1.807) is 6.26 Å². The van der Waals surface area contributed by atoms with Crippen LogP contribution in [0.3, 0.4) is 0 Å². The van der Waals surface area contributed by atoms with Crippen LogP contribution in [0.4, 0.5) is 0 Å². The van der Waals surface area contributed by atoms with E-state index in [1.807, 2.05) is 31.2 Å². The molecule has 0 aromatic carbocycles. The van der Waals surface area contributed by atoms with Crippen molar-refractivity contribution >= 4 is 11.6 Å². The van der Waals surface area contributed by atoms with Gasteiger partial charge in [0.2, 0.25) is 0 Å². The fraction of sp³-hybridized carbons (Fsp3) is 0.318. The molecule has 9 nitrogen and oxygen atoms in total. The van der Waals surface area contributed by atoms with E-state index >= 15 is 0 Å². The summed E-state index contributed by atoms with van der Waals surface area (Å²) in [4.78, 5) is 30.9. The number of rotatable bonds is 5. The highest BCUT2D eigenvalue weighted by molar-refractivity contribution is 5.66. The third-order valence-corrected chi connectivity index (χ3v) is 5.51. The molecular formula is C22H22N4O5. The number of H-pyrrole nitrogens is 1. The summed E-state index contributed by atoms with van der Waals surface area (Å²) in [5, 5.41) is 3.15. The fourth-order valence-corrected chi connectivity index (χ4v) is 3.96. The summed E-state index contributed by atoms with van der Waals surface area (Å²) in [5.41, 5.74) is 3.76. The Kier molecular flexibility index (Phi) is 4.74. The van der Waals surface area contributed by atoms with Crippen molar-refractivity contribution in [2.75, 3.05) is 6.54 Å². The quantitative estimate of drug-likeness (QED) is 0.493. The summed E-state index contributed by atoms with van der Waals surface area (Å²) < 4.78 is 17.6.